The lowest BCUT2D eigenvalue weighted by atomic mass is 9.89. The van der Waals surface area contributed by atoms with Crippen molar-refractivity contribution < 1.29 is 15.0 Å². The molecule has 2 aromatic rings. The fraction of sp³-hybridized carbons (Fsp3) is 0.500. The Morgan fingerprint density at radius 3 is 2.74 bits per heavy atom. The molecule has 4 N–H and O–H groups in total. The first-order valence-electron chi connectivity index (χ1n) is 7.94. The van der Waals surface area contributed by atoms with Crippen LogP contribution in [0, 0.1) is 5.92 Å². The second-order valence-corrected chi connectivity index (χ2v) is 6.56. The molecule has 1 atom stereocenters. The van der Waals surface area contributed by atoms with E-state index in [4.69, 9.17) is 10.8 Å². The van der Waals surface area contributed by atoms with E-state index in [-0.39, 0.29) is 5.92 Å². The molecule has 1 aliphatic carbocycles. The van der Waals surface area contributed by atoms with Gasteiger partial charge in [-0.1, -0.05) is 0 Å². The van der Waals surface area contributed by atoms with Gasteiger partial charge in [0.1, 0.15) is 5.65 Å². The molecule has 1 saturated carbocycles. The number of nitrogens with zero attached hydrogens (tertiary/aromatic N) is 3. The number of nitrogens with two attached hydrogens (primary N) is 1. The molecule has 0 radical (unpaired) electrons. The summed E-state index contributed by atoms with van der Waals surface area (Å²) in [7, 11) is 0. The van der Waals surface area contributed by atoms with Crippen LogP contribution < -0.4 is 5.73 Å². The minimum Gasteiger partial charge on any atom is -0.465 e. The van der Waals surface area contributed by atoms with Crippen LogP contribution in [0.25, 0.3) is 5.65 Å². The Labute approximate surface area is 133 Å². The molecule has 1 aliphatic heterocycles. The summed E-state index contributed by atoms with van der Waals surface area (Å²) >= 11 is 0. The molecule has 2 aliphatic rings. The maximum absolute atomic E-state index is 10.9. The molecular weight excluding hydrogens is 296 g/mol. The molecule has 2 fully saturated rings. The Morgan fingerprint density at radius 1 is 1.39 bits per heavy atom. The summed E-state index contributed by atoms with van der Waals surface area (Å²) in [6.45, 7) is 1.08. The van der Waals surface area contributed by atoms with Crippen LogP contribution in [0.3, 0.4) is 0 Å². The maximum atomic E-state index is 10.9. The van der Waals surface area contributed by atoms with Crippen molar-refractivity contribution >= 4 is 11.7 Å². The van der Waals surface area contributed by atoms with Crippen molar-refractivity contribution in [2.75, 3.05) is 13.1 Å². The molecule has 0 spiro atoms. The average Bonchev–Trinajstić information content (AvgIpc) is 3.23. The summed E-state index contributed by atoms with van der Waals surface area (Å²) in [6.07, 6.45) is 4.68. The van der Waals surface area contributed by atoms with Gasteiger partial charge in [-0.15, -0.1) is 0 Å². The quantitative estimate of drug-likeness (QED) is 0.789. The second-order valence-electron chi connectivity index (χ2n) is 6.56. The molecule has 122 valence electrons. The molecule has 3 heterocycles. The Hall–Kier alpha value is -2.12. The van der Waals surface area contributed by atoms with E-state index in [2.05, 4.69) is 11.2 Å². The van der Waals surface area contributed by atoms with E-state index in [9.17, 15) is 9.90 Å². The molecule has 1 amide bonds. The number of pyridine rings is 1. The molecule has 1 saturated heterocycles. The molecule has 23 heavy (non-hydrogen) atoms. The first kappa shape index (κ1) is 14.5. The predicted octanol–water partition coefficient (Wildman–Crippen LogP) is 1.31. The number of amides is 1. The van der Waals surface area contributed by atoms with Crippen LogP contribution in [-0.2, 0) is 6.54 Å². The Kier molecular flexibility index (Phi) is 3.28. The van der Waals surface area contributed by atoms with E-state index in [1.54, 1.807) is 0 Å². The van der Waals surface area contributed by atoms with Crippen molar-refractivity contribution in [1.29, 1.82) is 0 Å². The Bertz CT molecular complexity index is 762. The molecule has 0 bridgehead atoms. The van der Waals surface area contributed by atoms with Crippen LogP contribution in [0.4, 0.5) is 4.79 Å². The number of carboxylic acid groups (broad SMARTS) is 1. The summed E-state index contributed by atoms with van der Waals surface area (Å²) in [5, 5.41) is 19.7. The minimum absolute atomic E-state index is 0.0811. The van der Waals surface area contributed by atoms with Crippen LogP contribution in [0.15, 0.2) is 18.5 Å². The predicted molar refractivity (Wildman–Crippen MR) is 83.1 cm³/mol. The van der Waals surface area contributed by atoms with Gasteiger partial charge in [0.05, 0.1) is 11.8 Å². The van der Waals surface area contributed by atoms with E-state index in [0.717, 1.165) is 16.9 Å². The number of aromatic nitrogens is 2. The van der Waals surface area contributed by atoms with Gasteiger partial charge >= 0.3 is 6.09 Å². The molecule has 2 aromatic heterocycles. The van der Waals surface area contributed by atoms with Crippen molar-refractivity contribution in [3.05, 3.63) is 35.3 Å². The monoisotopic (exact) mass is 316 g/mol. The van der Waals surface area contributed by atoms with Crippen molar-refractivity contribution in [3.63, 3.8) is 0 Å². The lowest BCUT2D eigenvalue weighted by molar-refractivity contribution is 0.00323. The third-order valence-corrected chi connectivity index (χ3v) is 4.85. The summed E-state index contributed by atoms with van der Waals surface area (Å²) in [4.78, 5) is 16.7. The maximum Gasteiger partial charge on any atom is 0.407 e. The minimum atomic E-state index is -0.934. The highest BCUT2D eigenvalue weighted by Crippen LogP contribution is 2.42. The highest BCUT2D eigenvalue weighted by Gasteiger charge is 2.37. The first-order valence-corrected chi connectivity index (χ1v) is 7.94. The van der Waals surface area contributed by atoms with E-state index >= 15 is 0 Å². The number of fused-ring (bicyclic) bond motifs is 1. The van der Waals surface area contributed by atoms with Gasteiger partial charge in [-0.05, 0) is 30.4 Å². The highest BCUT2D eigenvalue weighted by atomic mass is 16.4. The van der Waals surface area contributed by atoms with Gasteiger partial charge in [0.2, 0.25) is 0 Å². The van der Waals surface area contributed by atoms with Crippen molar-refractivity contribution in [2.45, 2.75) is 31.4 Å². The van der Waals surface area contributed by atoms with Crippen molar-refractivity contribution in [1.82, 2.24) is 14.3 Å². The van der Waals surface area contributed by atoms with E-state index in [1.807, 2.05) is 16.7 Å². The molecule has 0 aromatic carbocycles. The van der Waals surface area contributed by atoms with Gasteiger partial charge < -0.3 is 25.2 Å². The summed E-state index contributed by atoms with van der Waals surface area (Å²) in [5.41, 5.74) is 9.18. The lowest BCUT2D eigenvalue weighted by Gasteiger charge is -2.39. The molecule has 7 heteroatoms. The first-order chi connectivity index (χ1) is 11.1. The number of hydrogen-bond donors (Lipinski definition) is 3. The fourth-order valence-electron chi connectivity index (χ4n) is 3.28. The lowest BCUT2D eigenvalue weighted by Crippen LogP contribution is -2.51. The van der Waals surface area contributed by atoms with Crippen molar-refractivity contribution in [3.8, 4) is 0 Å². The number of rotatable bonds is 4. The summed E-state index contributed by atoms with van der Waals surface area (Å²) < 4.78 is 1.95. The van der Waals surface area contributed by atoms with Gasteiger partial charge in [0.25, 0.3) is 0 Å². The van der Waals surface area contributed by atoms with Gasteiger partial charge in [0, 0.05) is 43.5 Å². The van der Waals surface area contributed by atoms with E-state index in [1.165, 1.54) is 23.3 Å². The molecule has 7 nitrogen and oxygen atoms in total. The molecular formula is C16H20N4O3. The third-order valence-electron chi connectivity index (χ3n) is 4.85. The summed E-state index contributed by atoms with van der Waals surface area (Å²) in [6, 6.07) is 2.04. The zero-order valence-electron chi connectivity index (χ0n) is 12.7. The van der Waals surface area contributed by atoms with E-state index < -0.39 is 12.2 Å². The number of carbonyl (C=O) groups is 1. The topological polar surface area (TPSA) is 104 Å². The van der Waals surface area contributed by atoms with Crippen LogP contribution >= 0.6 is 0 Å². The normalized spacial score (nSPS) is 19.8. The Balaban J connectivity index is 1.69. The smallest absolute Gasteiger partial charge is 0.407 e. The van der Waals surface area contributed by atoms with Crippen molar-refractivity contribution in [2.24, 2.45) is 11.7 Å². The van der Waals surface area contributed by atoms with Gasteiger partial charge in [0.15, 0.2) is 0 Å². The number of hydrogen-bond acceptors (Lipinski definition) is 4. The van der Waals surface area contributed by atoms with Crippen LogP contribution in [-0.4, -0.2) is 43.7 Å². The number of likely N-dealkylation sites (tertiary alicyclic amines) is 1. The standard InChI is InChI=1S/C16H20N4O3/c17-4-12-8-19-5-10(9-1-2-9)3-13(15(19)18-12)14(21)11-6-20(7-11)16(22)23/h3,5,8-9,11,14,21H,1-2,4,6-7,17H2,(H,22,23). The van der Waals surface area contributed by atoms with Crippen LogP contribution in [0.1, 0.15) is 41.7 Å². The van der Waals surface area contributed by atoms with Gasteiger partial charge in [-0.2, -0.15) is 0 Å². The second kappa shape index (κ2) is 5.21. The average molecular weight is 316 g/mol. The SMILES string of the molecule is NCc1cn2cc(C3CC3)cc(C(O)C3CN(C(=O)O)C3)c2n1. The van der Waals surface area contributed by atoms with Gasteiger partial charge in [-0.25, -0.2) is 9.78 Å². The highest BCUT2D eigenvalue weighted by molar-refractivity contribution is 5.66. The number of aliphatic hydroxyl groups is 1. The molecule has 4 rings (SSSR count). The largest absolute Gasteiger partial charge is 0.465 e. The zero-order valence-corrected chi connectivity index (χ0v) is 12.7. The third kappa shape index (κ3) is 2.46. The fourth-order valence-corrected chi connectivity index (χ4v) is 3.28. The summed E-state index contributed by atoms with van der Waals surface area (Å²) in [5.74, 6) is 0.480. The number of imidazole rings is 1. The molecule has 1 unspecified atom stereocenters. The Morgan fingerprint density at radius 2 is 2.13 bits per heavy atom. The van der Waals surface area contributed by atoms with Gasteiger partial charge in [-0.3, -0.25) is 0 Å². The van der Waals surface area contributed by atoms with E-state index in [0.29, 0.717) is 25.6 Å². The van der Waals surface area contributed by atoms with Crippen LogP contribution in [0.5, 0.6) is 0 Å². The zero-order chi connectivity index (χ0) is 16.1. The van der Waals surface area contributed by atoms with Crippen LogP contribution in [0.2, 0.25) is 0 Å². The number of aliphatic hydroxyl groups excluding tert-OH is 1.